The van der Waals surface area contributed by atoms with E-state index < -0.39 is 14.1 Å². The van der Waals surface area contributed by atoms with E-state index in [1.807, 2.05) is 6.07 Å². The number of likely N-dealkylation sites (tertiary alicyclic amines) is 1. The predicted molar refractivity (Wildman–Crippen MR) is 152 cm³/mol. The number of rotatable bonds is 9. The maximum Gasteiger partial charge on any atom is 0.246 e. The number of benzene rings is 1. The molecule has 1 atom stereocenters. The topological polar surface area (TPSA) is 82.6 Å². The van der Waals surface area contributed by atoms with Gasteiger partial charge >= 0.3 is 0 Å². The van der Waals surface area contributed by atoms with Gasteiger partial charge in [0.25, 0.3) is 0 Å². The monoisotopic (exact) mass is 540 g/mol. The highest BCUT2D eigenvalue weighted by Crippen LogP contribution is 2.36. The molecule has 0 spiro atoms. The standard InChI is InChI=1S/C28H41FN6O2Si/c1-7-25(36)35-12-8-9-23(19-35)31-26-24(29)16-30-27(33-26)32-22-11-10-20-17-34(18-21(20)15-22)13-14-37-38(5,6)28(2,3)4/h7,10-11,15-16,23H,1,8-9,12-14,17-19H2,2-6H3,(H2,30,31,32,33). The van der Waals surface area contributed by atoms with Crippen LogP contribution in [-0.2, 0) is 22.3 Å². The van der Waals surface area contributed by atoms with Gasteiger partial charge in [-0.15, -0.1) is 0 Å². The van der Waals surface area contributed by atoms with E-state index >= 15 is 0 Å². The summed E-state index contributed by atoms with van der Waals surface area (Å²) in [6.07, 6.45) is 4.15. The summed E-state index contributed by atoms with van der Waals surface area (Å²) >= 11 is 0. The van der Waals surface area contributed by atoms with Crippen LogP contribution >= 0.6 is 0 Å². The summed E-state index contributed by atoms with van der Waals surface area (Å²) in [7, 11) is -1.75. The summed E-state index contributed by atoms with van der Waals surface area (Å²) in [4.78, 5) is 24.6. The third-order valence-corrected chi connectivity index (χ3v) is 12.5. The van der Waals surface area contributed by atoms with Gasteiger partial charge < -0.3 is 20.0 Å². The fraction of sp³-hybridized carbons (Fsp3) is 0.536. The molecule has 1 unspecified atom stereocenters. The Morgan fingerprint density at radius 2 is 2.05 bits per heavy atom. The number of fused-ring (bicyclic) bond motifs is 1. The predicted octanol–water partition coefficient (Wildman–Crippen LogP) is 5.29. The molecule has 0 aliphatic carbocycles. The van der Waals surface area contributed by atoms with Gasteiger partial charge in [0, 0.05) is 51.1 Å². The molecule has 4 rings (SSSR count). The van der Waals surface area contributed by atoms with Crippen LogP contribution in [0.15, 0.2) is 37.1 Å². The van der Waals surface area contributed by atoms with Gasteiger partial charge in [0.05, 0.1) is 6.20 Å². The molecule has 2 aliphatic rings. The van der Waals surface area contributed by atoms with Crippen LogP contribution in [0.3, 0.4) is 0 Å². The molecule has 1 fully saturated rings. The van der Waals surface area contributed by atoms with Crippen molar-refractivity contribution >= 4 is 31.7 Å². The van der Waals surface area contributed by atoms with Crippen molar-refractivity contribution in [1.29, 1.82) is 0 Å². The molecule has 2 aliphatic heterocycles. The molecule has 1 aromatic heterocycles. The third kappa shape index (κ3) is 6.78. The molecular formula is C28H41FN6O2Si. The average Bonchev–Trinajstić information content (AvgIpc) is 3.27. The SMILES string of the molecule is C=CC(=O)N1CCCC(Nc2nc(Nc3ccc4c(c3)CN(CCO[Si](C)(C)C(C)(C)C)C4)ncc2F)C1. The molecule has 2 aromatic rings. The Hall–Kier alpha value is -2.82. The lowest BCUT2D eigenvalue weighted by molar-refractivity contribution is -0.127. The van der Waals surface area contributed by atoms with Crippen molar-refractivity contribution in [3.63, 3.8) is 0 Å². The number of carbonyl (C=O) groups is 1. The Balaban J connectivity index is 1.34. The number of aromatic nitrogens is 2. The van der Waals surface area contributed by atoms with Gasteiger partial charge in [-0.2, -0.15) is 4.98 Å². The maximum atomic E-state index is 14.5. The van der Waals surface area contributed by atoms with E-state index in [1.165, 1.54) is 23.4 Å². The maximum absolute atomic E-state index is 14.5. The number of nitrogens with zero attached hydrogens (tertiary/aromatic N) is 4. The minimum atomic E-state index is -1.75. The average molecular weight is 541 g/mol. The van der Waals surface area contributed by atoms with E-state index in [1.54, 1.807) is 4.90 Å². The summed E-state index contributed by atoms with van der Waals surface area (Å²) in [5.41, 5.74) is 3.43. The van der Waals surface area contributed by atoms with Crippen molar-refractivity contribution in [2.24, 2.45) is 0 Å². The lowest BCUT2D eigenvalue weighted by atomic mass is 10.1. The second-order valence-electron chi connectivity index (χ2n) is 11.8. The summed E-state index contributed by atoms with van der Waals surface area (Å²) in [6, 6.07) is 6.16. The molecule has 0 bridgehead atoms. The molecule has 0 radical (unpaired) electrons. The third-order valence-electron chi connectivity index (χ3n) is 7.92. The lowest BCUT2D eigenvalue weighted by Gasteiger charge is -2.36. The molecule has 206 valence electrons. The Labute approximate surface area is 226 Å². The quantitative estimate of drug-likeness (QED) is 0.331. The van der Waals surface area contributed by atoms with Gasteiger partial charge in [0.15, 0.2) is 20.0 Å². The molecule has 10 heteroatoms. The van der Waals surface area contributed by atoms with E-state index in [4.69, 9.17) is 4.43 Å². The molecule has 38 heavy (non-hydrogen) atoms. The fourth-order valence-electron chi connectivity index (χ4n) is 4.62. The molecule has 0 saturated carbocycles. The zero-order chi connectivity index (χ0) is 27.5. The Kier molecular flexibility index (Phi) is 8.54. The van der Waals surface area contributed by atoms with Crippen molar-refractivity contribution in [2.75, 3.05) is 36.9 Å². The highest BCUT2D eigenvalue weighted by atomic mass is 28.4. The highest BCUT2D eigenvalue weighted by molar-refractivity contribution is 6.74. The minimum Gasteiger partial charge on any atom is -0.416 e. The van der Waals surface area contributed by atoms with Gasteiger partial charge in [-0.1, -0.05) is 33.4 Å². The van der Waals surface area contributed by atoms with E-state index in [0.717, 1.165) is 44.8 Å². The van der Waals surface area contributed by atoms with Crippen molar-refractivity contribution in [3.05, 3.63) is 54.0 Å². The first kappa shape index (κ1) is 28.2. The van der Waals surface area contributed by atoms with Crippen LogP contribution in [0, 0.1) is 5.82 Å². The van der Waals surface area contributed by atoms with Crippen LogP contribution in [0.25, 0.3) is 0 Å². The number of anilines is 3. The first-order valence-electron chi connectivity index (χ1n) is 13.4. The van der Waals surface area contributed by atoms with Crippen molar-refractivity contribution < 1.29 is 13.6 Å². The highest BCUT2D eigenvalue weighted by Gasteiger charge is 2.37. The number of hydrogen-bond acceptors (Lipinski definition) is 7. The van der Waals surface area contributed by atoms with Gasteiger partial charge in [-0.05, 0) is 60.3 Å². The molecule has 1 aromatic carbocycles. The number of nitrogens with one attached hydrogen (secondary N) is 2. The van der Waals surface area contributed by atoms with E-state index in [9.17, 15) is 9.18 Å². The Morgan fingerprint density at radius 3 is 2.79 bits per heavy atom. The number of carbonyl (C=O) groups excluding carboxylic acids is 1. The smallest absolute Gasteiger partial charge is 0.246 e. The summed E-state index contributed by atoms with van der Waals surface area (Å²) in [5.74, 6) is -0.177. The van der Waals surface area contributed by atoms with Gasteiger partial charge in [-0.25, -0.2) is 9.37 Å². The zero-order valence-corrected chi connectivity index (χ0v) is 24.3. The summed E-state index contributed by atoms with van der Waals surface area (Å²) in [5, 5.41) is 6.59. The van der Waals surface area contributed by atoms with Crippen molar-refractivity contribution in [2.45, 2.75) is 70.9 Å². The second-order valence-corrected chi connectivity index (χ2v) is 16.6. The van der Waals surface area contributed by atoms with Gasteiger partial charge in [0.2, 0.25) is 11.9 Å². The minimum absolute atomic E-state index is 0.0866. The second kappa shape index (κ2) is 11.5. The largest absolute Gasteiger partial charge is 0.416 e. The van der Waals surface area contributed by atoms with Crippen molar-refractivity contribution in [1.82, 2.24) is 19.8 Å². The van der Waals surface area contributed by atoms with Crippen LogP contribution in [-0.4, -0.2) is 66.3 Å². The number of amides is 1. The van der Waals surface area contributed by atoms with Crippen LogP contribution in [0.5, 0.6) is 0 Å². The van der Waals surface area contributed by atoms with Crippen LogP contribution in [0.4, 0.5) is 21.8 Å². The number of hydrogen-bond donors (Lipinski definition) is 2. The summed E-state index contributed by atoms with van der Waals surface area (Å²) in [6.45, 7) is 19.5. The van der Waals surface area contributed by atoms with Crippen LogP contribution in [0.2, 0.25) is 18.1 Å². The van der Waals surface area contributed by atoms with E-state index in [-0.39, 0.29) is 22.8 Å². The summed E-state index contributed by atoms with van der Waals surface area (Å²) < 4.78 is 20.9. The number of piperidine rings is 1. The van der Waals surface area contributed by atoms with E-state index in [0.29, 0.717) is 19.0 Å². The Morgan fingerprint density at radius 1 is 1.29 bits per heavy atom. The van der Waals surface area contributed by atoms with Crippen LogP contribution < -0.4 is 10.6 Å². The van der Waals surface area contributed by atoms with E-state index in [2.05, 4.69) is 78.1 Å². The van der Waals surface area contributed by atoms with Gasteiger partial charge in [-0.3, -0.25) is 9.69 Å². The zero-order valence-electron chi connectivity index (χ0n) is 23.3. The molecular weight excluding hydrogens is 499 g/mol. The fourth-order valence-corrected chi connectivity index (χ4v) is 5.66. The first-order chi connectivity index (χ1) is 17.9. The van der Waals surface area contributed by atoms with Crippen molar-refractivity contribution in [3.8, 4) is 0 Å². The molecule has 8 nitrogen and oxygen atoms in total. The molecule has 2 N–H and O–H groups in total. The van der Waals surface area contributed by atoms with Crippen LogP contribution in [0.1, 0.15) is 44.7 Å². The first-order valence-corrected chi connectivity index (χ1v) is 16.3. The molecule has 1 amide bonds. The Bertz CT molecular complexity index is 1170. The normalized spacial score (nSPS) is 18.3. The number of halogens is 1. The molecule has 1 saturated heterocycles. The lowest BCUT2D eigenvalue weighted by Crippen LogP contribution is -2.44. The molecule has 3 heterocycles. The van der Waals surface area contributed by atoms with Gasteiger partial charge in [0.1, 0.15) is 0 Å².